The molecule has 4 rings (SSSR count). The van der Waals surface area contributed by atoms with E-state index in [4.69, 9.17) is 30.0 Å². The van der Waals surface area contributed by atoms with Gasteiger partial charge in [0.05, 0.1) is 19.8 Å². The average Bonchev–Trinajstić information content (AvgIpc) is 3.37. The van der Waals surface area contributed by atoms with Gasteiger partial charge in [-0.15, -0.1) is 10.2 Å². The van der Waals surface area contributed by atoms with Crippen LogP contribution in [0.3, 0.4) is 0 Å². The van der Waals surface area contributed by atoms with Crippen molar-refractivity contribution in [2.24, 2.45) is 0 Å². The third-order valence-electron chi connectivity index (χ3n) is 3.95. The van der Waals surface area contributed by atoms with E-state index in [1.165, 1.54) is 0 Å². The standard InChI is InChI=1S/C19H15ClN4O4/c1-25-14-8-4-7-13(17(14)26-2)18-21-15(28-24-18)10-16-22-23-19(27-16)11-5-3-6-12(20)9-11/h3-9H,10H2,1-2H3. The number of nitrogens with zero attached hydrogens (tertiary/aromatic N) is 4. The molecule has 0 atom stereocenters. The van der Waals surface area contributed by atoms with Crippen molar-refractivity contribution in [3.05, 3.63) is 59.3 Å². The molecule has 2 aromatic heterocycles. The van der Waals surface area contributed by atoms with Crippen LogP contribution in [0.1, 0.15) is 11.8 Å². The Morgan fingerprint density at radius 1 is 1.00 bits per heavy atom. The fourth-order valence-corrected chi connectivity index (χ4v) is 2.88. The molecule has 142 valence electrons. The Hall–Kier alpha value is -3.39. The van der Waals surface area contributed by atoms with E-state index < -0.39 is 0 Å². The molecule has 0 aliphatic carbocycles. The average molecular weight is 399 g/mol. The molecule has 0 radical (unpaired) electrons. The van der Waals surface area contributed by atoms with Gasteiger partial charge in [0.1, 0.15) is 6.42 Å². The molecule has 8 nitrogen and oxygen atoms in total. The Bertz CT molecular complexity index is 1110. The Balaban J connectivity index is 1.57. The molecule has 0 unspecified atom stereocenters. The van der Waals surface area contributed by atoms with E-state index >= 15 is 0 Å². The van der Waals surface area contributed by atoms with E-state index in [2.05, 4.69) is 20.3 Å². The SMILES string of the molecule is COc1cccc(-c2noc(Cc3nnc(-c4cccc(Cl)c4)o3)n2)c1OC. The number of ether oxygens (including phenoxy) is 2. The van der Waals surface area contributed by atoms with Gasteiger partial charge in [0.25, 0.3) is 0 Å². The summed E-state index contributed by atoms with van der Waals surface area (Å²) in [7, 11) is 3.12. The van der Waals surface area contributed by atoms with Crippen molar-refractivity contribution in [2.45, 2.75) is 6.42 Å². The van der Waals surface area contributed by atoms with Crippen molar-refractivity contribution in [1.82, 2.24) is 20.3 Å². The molecule has 0 N–H and O–H groups in total. The second kappa shape index (κ2) is 7.69. The molecule has 0 spiro atoms. The number of para-hydroxylation sites is 1. The minimum absolute atomic E-state index is 0.201. The quantitative estimate of drug-likeness (QED) is 0.480. The molecule has 0 fully saturated rings. The van der Waals surface area contributed by atoms with E-state index in [0.717, 1.165) is 5.56 Å². The fraction of sp³-hybridized carbons (Fsp3) is 0.158. The Kier molecular flexibility index (Phi) is 4.94. The maximum Gasteiger partial charge on any atom is 0.247 e. The summed E-state index contributed by atoms with van der Waals surface area (Å²) in [6.07, 6.45) is 0.201. The first-order valence-electron chi connectivity index (χ1n) is 8.30. The number of hydrogen-bond donors (Lipinski definition) is 0. The van der Waals surface area contributed by atoms with Crippen molar-refractivity contribution >= 4 is 11.6 Å². The fourth-order valence-electron chi connectivity index (χ4n) is 2.69. The third-order valence-corrected chi connectivity index (χ3v) is 4.19. The number of benzene rings is 2. The zero-order valence-electron chi connectivity index (χ0n) is 15.0. The molecule has 2 aromatic carbocycles. The summed E-state index contributed by atoms with van der Waals surface area (Å²) in [5.74, 6) is 2.53. The molecule has 28 heavy (non-hydrogen) atoms. The lowest BCUT2D eigenvalue weighted by Gasteiger charge is -2.09. The highest BCUT2D eigenvalue weighted by Crippen LogP contribution is 2.36. The minimum Gasteiger partial charge on any atom is -0.493 e. The van der Waals surface area contributed by atoms with Crippen molar-refractivity contribution in [3.8, 4) is 34.3 Å². The van der Waals surface area contributed by atoms with E-state index in [-0.39, 0.29) is 6.42 Å². The Morgan fingerprint density at radius 3 is 2.64 bits per heavy atom. The summed E-state index contributed by atoms with van der Waals surface area (Å²) in [5, 5.41) is 12.7. The smallest absolute Gasteiger partial charge is 0.247 e. The van der Waals surface area contributed by atoms with Gasteiger partial charge in [-0.3, -0.25) is 0 Å². The topological polar surface area (TPSA) is 96.3 Å². The second-order valence-corrected chi connectivity index (χ2v) is 6.18. The van der Waals surface area contributed by atoms with Crippen LogP contribution in [-0.2, 0) is 6.42 Å². The summed E-state index contributed by atoms with van der Waals surface area (Å²) < 4.78 is 21.7. The lowest BCUT2D eigenvalue weighted by atomic mass is 10.1. The van der Waals surface area contributed by atoms with Crippen LogP contribution >= 0.6 is 11.6 Å². The first-order valence-corrected chi connectivity index (χ1v) is 8.68. The van der Waals surface area contributed by atoms with Crippen molar-refractivity contribution < 1.29 is 18.4 Å². The molecule has 4 aromatic rings. The first kappa shape index (κ1) is 18.0. The number of hydrogen-bond acceptors (Lipinski definition) is 8. The van der Waals surface area contributed by atoms with Gasteiger partial charge in [0.2, 0.25) is 23.5 Å². The minimum atomic E-state index is 0.201. The zero-order valence-corrected chi connectivity index (χ0v) is 15.8. The van der Waals surface area contributed by atoms with E-state index in [1.807, 2.05) is 24.3 Å². The van der Waals surface area contributed by atoms with Crippen molar-refractivity contribution in [2.75, 3.05) is 14.2 Å². The predicted molar refractivity (Wildman–Crippen MR) is 100 cm³/mol. The number of aromatic nitrogens is 4. The van der Waals surface area contributed by atoms with Crippen LogP contribution < -0.4 is 9.47 Å². The highest BCUT2D eigenvalue weighted by atomic mass is 35.5. The molecule has 0 aliphatic heterocycles. The Labute approximate surface area is 165 Å². The van der Waals surface area contributed by atoms with Gasteiger partial charge in [-0.05, 0) is 30.3 Å². The summed E-state index contributed by atoms with van der Waals surface area (Å²) in [5.41, 5.74) is 1.39. The monoisotopic (exact) mass is 398 g/mol. The van der Waals surface area contributed by atoms with E-state index in [0.29, 0.717) is 45.6 Å². The number of methoxy groups -OCH3 is 2. The van der Waals surface area contributed by atoms with Gasteiger partial charge >= 0.3 is 0 Å². The predicted octanol–water partition coefficient (Wildman–Crippen LogP) is 4.05. The van der Waals surface area contributed by atoms with Crippen molar-refractivity contribution in [3.63, 3.8) is 0 Å². The normalized spacial score (nSPS) is 10.8. The Morgan fingerprint density at radius 2 is 1.86 bits per heavy atom. The van der Waals surface area contributed by atoms with Crippen LogP contribution in [0.15, 0.2) is 51.4 Å². The number of halogens is 1. The summed E-state index contributed by atoms with van der Waals surface area (Å²) in [6.45, 7) is 0. The summed E-state index contributed by atoms with van der Waals surface area (Å²) in [6, 6.07) is 12.6. The van der Waals surface area contributed by atoms with Crippen LogP contribution in [0, 0.1) is 0 Å². The third kappa shape index (κ3) is 3.54. The zero-order chi connectivity index (χ0) is 19.5. The molecule has 0 amide bonds. The van der Waals surface area contributed by atoms with Gasteiger partial charge < -0.3 is 18.4 Å². The number of rotatable bonds is 6. The van der Waals surface area contributed by atoms with Gasteiger partial charge in [-0.2, -0.15) is 4.98 Å². The molecule has 9 heteroatoms. The highest BCUT2D eigenvalue weighted by Gasteiger charge is 2.18. The van der Waals surface area contributed by atoms with E-state index in [9.17, 15) is 0 Å². The molecule has 0 saturated carbocycles. The molecule has 0 aliphatic rings. The molecule has 0 bridgehead atoms. The molecular weight excluding hydrogens is 384 g/mol. The van der Waals surface area contributed by atoms with Crippen LogP contribution in [0.4, 0.5) is 0 Å². The summed E-state index contributed by atoms with van der Waals surface area (Å²) in [4.78, 5) is 4.39. The largest absolute Gasteiger partial charge is 0.493 e. The first-order chi connectivity index (χ1) is 13.7. The second-order valence-electron chi connectivity index (χ2n) is 5.74. The molecular formula is C19H15ClN4O4. The van der Waals surface area contributed by atoms with E-state index in [1.54, 1.807) is 32.4 Å². The highest BCUT2D eigenvalue weighted by molar-refractivity contribution is 6.30. The van der Waals surface area contributed by atoms with Crippen LogP contribution in [-0.4, -0.2) is 34.6 Å². The van der Waals surface area contributed by atoms with Crippen molar-refractivity contribution in [1.29, 1.82) is 0 Å². The summed E-state index contributed by atoms with van der Waals surface area (Å²) >= 11 is 6.00. The molecule has 2 heterocycles. The van der Waals surface area contributed by atoms with Gasteiger partial charge in [0.15, 0.2) is 11.5 Å². The maximum atomic E-state index is 6.00. The van der Waals surface area contributed by atoms with Gasteiger partial charge in [-0.1, -0.05) is 28.9 Å². The molecule has 0 saturated heterocycles. The van der Waals surface area contributed by atoms with Gasteiger partial charge in [-0.25, -0.2) is 0 Å². The lowest BCUT2D eigenvalue weighted by Crippen LogP contribution is -1.94. The lowest BCUT2D eigenvalue weighted by molar-refractivity contribution is 0.355. The van der Waals surface area contributed by atoms with Gasteiger partial charge in [0, 0.05) is 10.6 Å². The van der Waals surface area contributed by atoms with Crippen LogP contribution in [0.5, 0.6) is 11.5 Å². The van der Waals surface area contributed by atoms with Crippen LogP contribution in [0.25, 0.3) is 22.8 Å². The van der Waals surface area contributed by atoms with Crippen LogP contribution in [0.2, 0.25) is 5.02 Å². The maximum absolute atomic E-state index is 6.00.